The lowest BCUT2D eigenvalue weighted by Crippen LogP contribution is -2.42. The normalized spacial score (nSPS) is 17.6. The highest BCUT2D eigenvalue weighted by atomic mass is 16.5. The number of rotatable bonds is 19. The molecule has 1 aliphatic heterocycles. The van der Waals surface area contributed by atoms with Crippen molar-refractivity contribution in [2.24, 2.45) is 17.8 Å². The van der Waals surface area contributed by atoms with Gasteiger partial charge < -0.3 is 24.6 Å². The summed E-state index contributed by atoms with van der Waals surface area (Å²) < 4.78 is 12.6. The molecule has 1 amide bonds. The highest BCUT2D eigenvalue weighted by Gasteiger charge is 2.34. The van der Waals surface area contributed by atoms with Crippen molar-refractivity contribution >= 4 is 17.8 Å². The van der Waals surface area contributed by atoms with Crippen molar-refractivity contribution in [3.63, 3.8) is 0 Å². The second-order valence-corrected chi connectivity index (χ2v) is 13.7. The molecule has 1 heterocycles. The van der Waals surface area contributed by atoms with Gasteiger partial charge in [0.1, 0.15) is 30.2 Å². The predicted molar refractivity (Wildman–Crippen MR) is 170 cm³/mol. The van der Waals surface area contributed by atoms with Crippen LogP contribution in [0.4, 0.5) is 0 Å². The summed E-state index contributed by atoms with van der Waals surface area (Å²) in [6.45, 7) is 15.7. The minimum atomic E-state index is -1.28. The van der Waals surface area contributed by atoms with Crippen molar-refractivity contribution in [3.05, 3.63) is 22.3 Å². The largest absolute Gasteiger partial charge is 0.487 e. The molecule has 3 atom stereocenters. The van der Waals surface area contributed by atoms with Crippen molar-refractivity contribution in [1.29, 1.82) is 0 Å². The fourth-order valence-electron chi connectivity index (χ4n) is 6.26. The fourth-order valence-corrected chi connectivity index (χ4v) is 6.26. The van der Waals surface area contributed by atoms with Crippen LogP contribution < -0.4 is 9.47 Å². The van der Waals surface area contributed by atoms with E-state index in [2.05, 4.69) is 34.6 Å². The Bertz CT molecular complexity index is 1080. The van der Waals surface area contributed by atoms with Crippen molar-refractivity contribution in [2.45, 2.75) is 132 Å². The molecular formula is C35H57NO7. The monoisotopic (exact) mass is 603 g/mol. The Morgan fingerprint density at radius 2 is 1.37 bits per heavy atom. The molecular weight excluding hydrogens is 546 g/mol. The van der Waals surface area contributed by atoms with Crippen LogP contribution in [0.15, 0.2) is 0 Å². The molecule has 43 heavy (non-hydrogen) atoms. The maximum atomic E-state index is 12.6. The molecule has 0 aliphatic carbocycles. The molecule has 1 aliphatic rings. The second kappa shape index (κ2) is 16.9. The number of hydrogen-bond donors (Lipinski definition) is 2. The third-order valence-corrected chi connectivity index (χ3v) is 9.18. The lowest BCUT2D eigenvalue weighted by atomic mass is 9.83. The molecule has 8 nitrogen and oxygen atoms in total. The molecule has 0 radical (unpaired) electrons. The van der Waals surface area contributed by atoms with Gasteiger partial charge in [-0.2, -0.15) is 0 Å². The number of amides is 1. The number of carbonyl (C=O) groups excluding carboxylic acids is 1. The van der Waals surface area contributed by atoms with Crippen LogP contribution >= 0.6 is 0 Å². The number of carboxylic acids is 2. The number of aliphatic carboxylic acids is 2. The minimum absolute atomic E-state index is 0.228. The summed E-state index contributed by atoms with van der Waals surface area (Å²) in [5.74, 6) is 0.583. The number of benzene rings is 1. The number of carbonyl (C=O) groups is 3. The lowest BCUT2D eigenvalue weighted by molar-refractivity contribution is -0.150. The minimum Gasteiger partial charge on any atom is -0.487 e. The van der Waals surface area contributed by atoms with Crippen LogP contribution in [0.25, 0.3) is 0 Å². The van der Waals surface area contributed by atoms with Gasteiger partial charge >= 0.3 is 11.9 Å². The maximum Gasteiger partial charge on any atom is 0.323 e. The zero-order valence-corrected chi connectivity index (χ0v) is 28.0. The van der Waals surface area contributed by atoms with Gasteiger partial charge in [0.15, 0.2) is 6.61 Å². The number of carboxylic acid groups (broad SMARTS) is 2. The molecule has 1 aromatic rings. The van der Waals surface area contributed by atoms with Crippen LogP contribution in [0, 0.1) is 38.5 Å². The zero-order chi connectivity index (χ0) is 32.3. The summed E-state index contributed by atoms with van der Waals surface area (Å²) in [6.07, 6.45) is 13.1. The van der Waals surface area contributed by atoms with E-state index in [0.29, 0.717) is 5.75 Å². The molecule has 8 heteroatoms. The second-order valence-electron chi connectivity index (χ2n) is 13.7. The number of nitrogens with zero attached hydrogens (tertiary/aromatic N) is 1. The third-order valence-electron chi connectivity index (χ3n) is 9.18. The predicted octanol–water partition coefficient (Wildman–Crippen LogP) is 7.51. The van der Waals surface area contributed by atoms with Gasteiger partial charge in [-0.15, -0.1) is 0 Å². The first-order valence-electron chi connectivity index (χ1n) is 16.3. The quantitative estimate of drug-likeness (QED) is 0.168. The Morgan fingerprint density at radius 1 is 0.837 bits per heavy atom. The molecule has 0 saturated heterocycles. The molecule has 0 spiro atoms. The van der Waals surface area contributed by atoms with Crippen molar-refractivity contribution in [1.82, 2.24) is 4.90 Å². The van der Waals surface area contributed by atoms with E-state index >= 15 is 0 Å². The van der Waals surface area contributed by atoms with E-state index in [1.807, 2.05) is 20.8 Å². The van der Waals surface area contributed by atoms with E-state index in [0.717, 1.165) is 76.3 Å². The summed E-state index contributed by atoms with van der Waals surface area (Å²) in [7, 11) is 0. The molecule has 0 fully saturated rings. The number of ether oxygens (including phenoxy) is 2. The Labute approximate surface area is 259 Å². The first-order valence-corrected chi connectivity index (χ1v) is 16.3. The van der Waals surface area contributed by atoms with Gasteiger partial charge in [-0.05, 0) is 87.8 Å². The first-order chi connectivity index (χ1) is 20.1. The third kappa shape index (κ3) is 11.7. The van der Waals surface area contributed by atoms with Crippen molar-refractivity contribution in [2.75, 3.05) is 19.7 Å². The molecule has 1 aromatic carbocycles. The molecule has 244 valence electrons. The molecule has 2 rings (SSSR count). The standard InChI is InChI=1S/C35H57NO7/c1-23(2)12-9-13-24(3)14-10-15-25(4)16-11-18-35(8)19-17-29-28(7)33(26(5)27(6)34(29)43-35)42-22-30(37)36(20-31(38)39)21-32(40)41/h23-25H,9-22H2,1-8H3,(H,38,39)(H,40,41). The highest BCUT2D eigenvalue weighted by molar-refractivity contribution is 5.86. The average Bonchev–Trinajstić information content (AvgIpc) is 2.90. The highest BCUT2D eigenvalue weighted by Crippen LogP contribution is 2.45. The van der Waals surface area contributed by atoms with E-state index in [9.17, 15) is 14.4 Å². The molecule has 2 N–H and O–H groups in total. The van der Waals surface area contributed by atoms with Crippen LogP contribution in [-0.2, 0) is 20.8 Å². The molecule has 3 unspecified atom stereocenters. The Balaban J connectivity index is 1.93. The Morgan fingerprint density at radius 3 is 1.91 bits per heavy atom. The Hall–Kier alpha value is -2.77. The molecule has 0 bridgehead atoms. The van der Waals surface area contributed by atoms with E-state index in [1.165, 1.54) is 44.9 Å². The average molecular weight is 604 g/mol. The van der Waals surface area contributed by atoms with Crippen molar-refractivity contribution in [3.8, 4) is 11.5 Å². The summed E-state index contributed by atoms with van der Waals surface area (Å²) in [5, 5.41) is 18.1. The topological polar surface area (TPSA) is 113 Å². The molecule has 0 saturated carbocycles. The van der Waals surface area contributed by atoms with Gasteiger partial charge in [-0.25, -0.2) is 0 Å². The van der Waals surface area contributed by atoms with Gasteiger partial charge in [-0.1, -0.05) is 72.6 Å². The summed E-state index contributed by atoms with van der Waals surface area (Å²) in [5.41, 5.74) is 3.59. The summed E-state index contributed by atoms with van der Waals surface area (Å²) >= 11 is 0. The lowest BCUT2D eigenvalue weighted by Gasteiger charge is -2.38. The fraction of sp³-hybridized carbons (Fsp3) is 0.743. The van der Waals surface area contributed by atoms with Crippen molar-refractivity contribution < 1.29 is 34.1 Å². The van der Waals surface area contributed by atoms with Crippen LogP contribution in [0.2, 0.25) is 0 Å². The van der Waals surface area contributed by atoms with Gasteiger partial charge in [0.05, 0.1) is 0 Å². The van der Waals surface area contributed by atoms with Crippen LogP contribution in [-0.4, -0.2) is 58.3 Å². The van der Waals surface area contributed by atoms with Gasteiger partial charge in [0.25, 0.3) is 5.91 Å². The van der Waals surface area contributed by atoms with E-state index in [1.54, 1.807) is 0 Å². The first kappa shape index (κ1) is 36.4. The summed E-state index contributed by atoms with van der Waals surface area (Å²) in [4.78, 5) is 35.6. The zero-order valence-electron chi connectivity index (χ0n) is 28.0. The SMILES string of the molecule is Cc1c(C)c2c(c(C)c1OCC(=O)N(CC(=O)O)CC(=O)O)CCC(C)(CCCC(C)CCCC(C)CCCC(C)C)O2. The Kier molecular flexibility index (Phi) is 14.3. The van der Waals surface area contributed by atoms with Crippen LogP contribution in [0.3, 0.4) is 0 Å². The van der Waals surface area contributed by atoms with Gasteiger partial charge in [0.2, 0.25) is 0 Å². The molecule has 0 aromatic heterocycles. The number of hydrogen-bond acceptors (Lipinski definition) is 5. The van der Waals surface area contributed by atoms with Gasteiger partial charge in [0, 0.05) is 5.56 Å². The number of fused-ring (bicyclic) bond motifs is 1. The van der Waals surface area contributed by atoms with E-state index in [4.69, 9.17) is 19.7 Å². The van der Waals surface area contributed by atoms with Crippen LogP contribution in [0.1, 0.15) is 121 Å². The van der Waals surface area contributed by atoms with E-state index < -0.39 is 37.5 Å². The maximum absolute atomic E-state index is 12.6. The van der Waals surface area contributed by atoms with E-state index in [-0.39, 0.29) is 5.60 Å². The summed E-state index contributed by atoms with van der Waals surface area (Å²) in [6, 6.07) is 0. The van der Waals surface area contributed by atoms with Gasteiger partial charge in [-0.3, -0.25) is 14.4 Å². The van der Waals surface area contributed by atoms with Crippen LogP contribution in [0.5, 0.6) is 11.5 Å². The smallest absolute Gasteiger partial charge is 0.323 e.